The largest absolute Gasteiger partial charge is 0.477 e. The molecule has 18 heteroatoms. The number of carbonyl (C=O) groups excluding carboxylic acids is 2. The molecule has 0 radical (unpaired) electrons. The Morgan fingerprint density at radius 2 is 1.42 bits per heavy atom. The molecular formula is C53H70N6O10S2. The molecule has 71 heavy (non-hydrogen) atoms. The van der Waals surface area contributed by atoms with Crippen molar-refractivity contribution in [2.24, 2.45) is 0 Å². The van der Waals surface area contributed by atoms with Crippen molar-refractivity contribution in [2.75, 3.05) is 102 Å². The number of benzene rings is 1. The van der Waals surface area contributed by atoms with E-state index >= 15 is 0 Å². The lowest BCUT2D eigenvalue weighted by molar-refractivity contribution is -0.125. The van der Waals surface area contributed by atoms with Gasteiger partial charge in [-0.15, -0.1) is 11.8 Å². The lowest BCUT2D eigenvalue weighted by Gasteiger charge is -2.26. The summed E-state index contributed by atoms with van der Waals surface area (Å²) in [6.45, 7) is 11.8. The predicted octanol–water partition coefficient (Wildman–Crippen LogP) is 6.54. The number of carboxylic acids is 2. The molecule has 0 atom stereocenters. The van der Waals surface area contributed by atoms with Gasteiger partial charge in [0.15, 0.2) is 0 Å². The van der Waals surface area contributed by atoms with E-state index in [0.717, 1.165) is 47.4 Å². The van der Waals surface area contributed by atoms with Crippen LogP contribution in [0.2, 0.25) is 0 Å². The van der Waals surface area contributed by atoms with Crippen molar-refractivity contribution in [3.8, 4) is 11.8 Å². The van der Waals surface area contributed by atoms with Crippen LogP contribution in [0, 0.1) is 11.8 Å². The monoisotopic (exact) mass is 1010 g/mol. The van der Waals surface area contributed by atoms with E-state index < -0.39 is 11.9 Å². The van der Waals surface area contributed by atoms with E-state index in [0.29, 0.717) is 103 Å². The van der Waals surface area contributed by atoms with E-state index in [9.17, 15) is 34.5 Å². The number of allylic oxidation sites excluding steroid dienone is 3. The van der Waals surface area contributed by atoms with Crippen LogP contribution in [-0.2, 0) is 36.9 Å². The Morgan fingerprint density at radius 1 is 0.803 bits per heavy atom. The number of rotatable bonds is 34. The van der Waals surface area contributed by atoms with Gasteiger partial charge in [0.25, 0.3) is 0 Å². The number of fused-ring (bicyclic) bond motifs is 1. The zero-order valence-electron chi connectivity index (χ0n) is 41.0. The number of aliphatic hydroxyl groups excluding tert-OH is 1. The van der Waals surface area contributed by atoms with Crippen molar-refractivity contribution in [3.05, 3.63) is 136 Å². The third kappa shape index (κ3) is 24.4. The summed E-state index contributed by atoms with van der Waals surface area (Å²) < 4.78 is 17.5. The number of para-hydroxylation sites is 1. The minimum absolute atomic E-state index is 0.0165. The lowest BCUT2D eigenvalue weighted by atomic mass is 10.0. The van der Waals surface area contributed by atoms with Crippen molar-refractivity contribution >= 4 is 53.8 Å². The average molecular weight is 1020 g/mol. The number of amides is 2. The molecule has 3 aromatic rings. The minimum atomic E-state index is -1.09. The normalized spacial score (nSPS) is 13.3. The highest BCUT2D eigenvalue weighted by Crippen LogP contribution is 2.25. The molecule has 0 fully saturated rings. The average Bonchev–Trinajstić information content (AvgIpc) is 3.37. The Balaban J connectivity index is 0.00000657. The first-order valence-corrected chi connectivity index (χ1v) is 25.6. The summed E-state index contributed by atoms with van der Waals surface area (Å²) in [4.78, 5) is 63.1. The zero-order valence-corrected chi connectivity index (χ0v) is 42.7. The summed E-state index contributed by atoms with van der Waals surface area (Å²) in [5.41, 5.74) is 4.50. The maximum Gasteiger partial charge on any atom is 0.354 e. The van der Waals surface area contributed by atoms with Crippen LogP contribution in [0.3, 0.4) is 0 Å². The molecule has 0 bridgehead atoms. The Bertz CT molecular complexity index is 2280. The third-order valence-corrected chi connectivity index (χ3v) is 11.5. The standard InChI is InChI=1S/C52H66N6O10S.CH4S/c1-3-4-13-43-38-58(48-19-7-6-14-42(48)21-20-41(43)2)50(61)23-22-49(60)53-24-8-5-9-36-69-37-12-30-66-31-27-57(40-45-16-11-18-47(55-45)52(64)65)28-33-68-35-34-67-32-26-56(25-29-59)39-44-15-10-17-46(54-44)51(62)63;1-2/h3-4,6-7,10-19,37,59H,1,5,8-9,22-36,38-40H2,2H3,(H,53,60)(H,62,63)(H,64,65);2H,1H3/b13-4-,37-12-,43-41-;. The molecule has 0 unspecified atom stereocenters. The summed E-state index contributed by atoms with van der Waals surface area (Å²) in [6, 6.07) is 17.3. The van der Waals surface area contributed by atoms with Crippen LogP contribution in [0.25, 0.3) is 0 Å². The summed E-state index contributed by atoms with van der Waals surface area (Å²) in [5.74, 6) is 4.87. The maximum atomic E-state index is 13.5. The zero-order chi connectivity index (χ0) is 51.5. The number of thioether (sulfide) groups is 1. The molecule has 16 nitrogen and oxygen atoms in total. The summed E-state index contributed by atoms with van der Waals surface area (Å²) in [5, 5.41) is 33.1. The number of anilines is 1. The van der Waals surface area contributed by atoms with Crippen LogP contribution >= 0.6 is 24.4 Å². The predicted molar refractivity (Wildman–Crippen MR) is 283 cm³/mol. The Morgan fingerprint density at radius 3 is 2.04 bits per heavy atom. The van der Waals surface area contributed by atoms with Crippen molar-refractivity contribution in [1.29, 1.82) is 0 Å². The number of hydrogen-bond donors (Lipinski definition) is 5. The lowest BCUT2D eigenvalue weighted by Crippen LogP contribution is -2.35. The van der Waals surface area contributed by atoms with E-state index in [-0.39, 0.29) is 42.7 Å². The van der Waals surface area contributed by atoms with Crippen LogP contribution in [0.1, 0.15) is 77.0 Å². The molecule has 4 rings (SSSR count). The SMILES string of the molecule is C=C/C=C\C1=C(/C)C#Cc2ccccc2N(C(=O)CCC(=O)NCCCCCS/C=C\COCCN(CCOCCOCCN(CCO)Cc2cccc(C(=O)O)n2)Cc2cccc(C(=O)O)n2)C1.CS. The molecule has 0 aliphatic carbocycles. The van der Waals surface area contributed by atoms with Gasteiger partial charge in [0.1, 0.15) is 11.4 Å². The molecule has 1 aliphatic heterocycles. The number of nitrogens with zero attached hydrogens (tertiary/aromatic N) is 5. The molecule has 1 aliphatic rings. The van der Waals surface area contributed by atoms with Crippen molar-refractivity contribution < 1.29 is 48.7 Å². The van der Waals surface area contributed by atoms with E-state index in [1.165, 1.54) is 12.1 Å². The second-order valence-electron chi connectivity index (χ2n) is 15.9. The van der Waals surface area contributed by atoms with Crippen LogP contribution < -0.4 is 10.2 Å². The Labute approximate surface area is 428 Å². The Hall–Kier alpha value is -5.62. The summed E-state index contributed by atoms with van der Waals surface area (Å²) in [7, 11) is 0. The van der Waals surface area contributed by atoms with Crippen molar-refractivity contribution in [3.63, 3.8) is 0 Å². The number of carbonyl (C=O) groups is 4. The van der Waals surface area contributed by atoms with Gasteiger partial charge in [-0.1, -0.05) is 73.4 Å². The van der Waals surface area contributed by atoms with Crippen LogP contribution in [0.5, 0.6) is 0 Å². The Kier molecular flexibility index (Phi) is 30.5. The number of aromatic nitrogens is 2. The maximum absolute atomic E-state index is 13.5. The number of hydrogen-bond acceptors (Lipinski definition) is 14. The molecule has 384 valence electrons. The fourth-order valence-electron chi connectivity index (χ4n) is 6.92. The number of aromatic carboxylic acids is 2. The van der Waals surface area contributed by atoms with Gasteiger partial charge in [-0.05, 0) is 79.2 Å². The topological polar surface area (TPSA) is 204 Å². The van der Waals surface area contributed by atoms with Gasteiger partial charge in [-0.2, -0.15) is 12.6 Å². The molecule has 4 N–H and O–H groups in total. The third-order valence-electron chi connectivity index (χ3n) is 10.6. The number of carboxylic acid groups (broad SMARTS) is 2. The minimum Gasteiger partial charge on any atom is -0.477 e. The molecular weight excluding hydrogens is 945 g/mol. The molecule has 2 aromatic heterocycles. The van der Waals surface area contributed by atoms with Gasteiger partial charge in [0, 0.05) is 69.8 Å². The number of pyridine rings is 2. The molecule has 0 spiro atoms. The fraction of sp³-hybridized carbons (Fsp3) is 0.434. The number of nitrogens with one attached hydrogen (secondary N) is 1. The first-order chi connectivity index (χ1) is 34.6. The van der Waals surface area contributed by atoms with Crippen LogP contribution in [0.4, 0.5) is 5.69 Å². The molecule has 3 heterocycles. The second kappa shape index (κ2) is 36.3. The first kappa shape index (κ1) is 59.7. The molecule has 0 saturated heterocycles. The molecule has 1 aromatic carbocycles. The van der Waals surface area contributed by atoms with Crippen molar-refractivity contribution in [1.82, 2.24) is 25.1 Å². The highest BCUT2D eigenvalue weighted by molar-refractivity contribution is 8.02. The van der Waals surface area contributed by atoms with E-state index in [4.69, 9.17) is 14.2 Å². The quantitative estimate of drug-likeness (QED) is 0.0187. The number of thiol groups is 1. The van der Waals surface area contributed by atoms with Crippen LogP contribution in [-0.4, -0.2) is 156 Å². The van der Waals surface area contributed by atoms with Gasteiger partial charge in [0.2, 0.25) is 11.8 Å². The highest BCUT2D eigenvalue weighted by Gasteiger charge is 2.22. The van der Waals surface area contributed by atoms with E-state index in [2.05, 4.69) is 51.2 Å². The molecule has 0 saturated carbocycles. The highest BCUT2D eigenvalue weighted by atomic mass is 32.2. The van der Waals surface area contributed by atoms with Gasteiger partial charge in [-0.25, -0.2) is 19.6 Å². The number of ether oxygens (including phenoxy) is 3. The van der Waals surface area contributed by atoms with E-state index in [1.54, 1.807) is 53.3 Å². The summed E-state index contributed by atoms with van der Waals surface area (Å²) >= 11 is 5.23. The van der Waals surface area contributed by atoms with Gasteiger partial charge >= 0.3 is 11.9 Å². The second-order valence-corrected chi connectivity index (χ2v) is 16.9. The van der Waals surface area contributed by atoms with Gasteiger partial charge in [0.05, 0.1) is 69.9 Å². The van der Waals surface area contributed by atoms with E-state index in [1.807, 2.05) is 59.7 Å². The first-order valence-electron chi connectivity index (χ1n) is 23.6. The molecule has 2 amide bonds. The van der Waals surface area contributed by atoms with Gasteiger partial charge < -0.3 is 39.7 Å². The number of aliphatic hydroxyl groups is 1. The number of unbranched alkanes of at least 4 members (excludes halogenated alkanes) is 2. The fourth-order valence-corrected chi connectivity index (χ4v) is 7.64. The summed E-state index contributed by atoms with van der Waals surface area (Å²) in [6.07, 6.45) is 12.1. The smallest absolute Gasteiger partial charge is 0.354 e. The van der Waals surface area contributed by atoms with Crippen LogP contribution in [0.15, 0.2) is 108 Å². The van der Waals surface area contributed by atoms with Gasteiger partial charge in [-0.3, -0.25) is 19.4 Å². The van der Waals surface area contributed by atoms with Crippen molar-refractivity contribution in [2.45, 2.75) is 52.1 Å².